The van der Waals surface area contributed by atoms with Gasteiger partial charge in [0.05, 0.1) is 6.04 Å². The summed E-state index contributed by atoms with van der Waals surface area (Å²) in [4.78, 5) is 31.3. The molecule has 170 valence electrons. The molecule has 1 atom stereocenters. The molecule has 1 aromatic heterocycles. The lowest BCUT2D eigenvalue weighted by molar-refractivity contribution is -0.133. The lowest BCUT2D eigenvalue weighted by atomic mass is 9.93. The van der Waals surface area contributed by atoms with E-state index in [0.29, 0.717) is 12.1 Å². The van der Waals surface area contributed by atoms with Gasteiger partial charge in [-0.15, -0.1) is 17.9 Å². The summed E-state index contributed by atoms with van der Waals surface area (Å²) in [5.74, 6) is -0.645. The lowest BCUT2D eigenvalue weighted by Gasteiger charge is -2.37. The molecule has 6 heteroatoms. The third-order valence-electron chi connectivity index (χ3n) is 6.04. The van der Waals surface area contributed by atoms with Crippen LogP contribution >= 0.6 is 11.3 Å². The zero-order valence-electron chi connectivity index (χ0n) is 18.7. The van der Waals surface area contributed by atoms with Gasteiger partial charge in [0.25, 0.3) is 5.91 Å². The number of hydrogen-bond acceptors (Lipinski definition) is 3. The summed E-state index contributed by atoms with van der Waals surface area (Å²) in [6, 6.07) is 15.5. The molecule has 1 aliphatic heterocycles. The maximum Gasteiger partial charge on any atom is 0.254 e. The number of thiophene rings is 1. The molecule has 0 radical (unpaired) electrons. The Morgan fingerprint density at radius 3 is 2.55 bits per heavy atom. The number of rotatable bonds is 7. The molecule has 1 aliphatic rings. The Kier molecular flexibility index (Phi) is 7.04. The fraction of sp³-hybridized carbons (Fsp3) is 0.259. The molecule has 0 saturated heterocycles. The van der Waals surface area contributed by atoms with Gasteiger partial charge in [-0.1, -0.05) is 37.3 Å². The highest BCUT2D eigenvalue weighted by Gasteiger charge is 2.34. The zero-order chi connectivity index (χ0) is 23.4. The van der Waals surface area contributed by atoms with E-state index in [0.717, 1.165) is 29.5 Å². The van der Waals surface area contributed by atoms with Gasteiger partial charge >= 0.3 is 0 Å². The Labute approximate surface area is 198 Å². The normalized spacial score (nSPS) is 15.1. The molecule has 2 aromatic carbocycles. The van der Waals surface area contributed by atoms with E-state index in [1.807, 2.05) is 40.6 Å². The van der Waals surface area contributed by atoms with Crippen LogP contribution in [0.4, 0.5) is 4.39 Å². The summed E-state index contributed by atoms with van der Waals surface area (Å²) in [5.41, 5.74) is 3.64. The summed E-state index contributed by atoms with van der Waals surface area (Å²) in [5, 5.41) is 2.03. The second kappa shape index (κ2) is 10.1. The topological polar surface area (TPSA) is 40.6 Å². The van der Waals surface area contributed by atoms with Crippen LogP contribution in [0.25, 0.3) is 0 Å². The number of carbonyl (C=O) groups excluding carboxylic acids is 2. The van der Waals surface area contributed by atoms with E-state index in [9.17, 15) is 14.0 Å². The highest BCUT2D eigenvalue weighted by Crippen LogP contribution is 2.38. The molecule has 2 heterocycles. The number of carbonyl (C=O) groups is 2. The lowest BCUT2D eigenvalue weighted by Crippen LogP contribution is -2.46. The van der Waals surface area contributed by atoms with E-state index in [2.05, 4.69) is 13.5 Å². The zero-order valence-corrected chi connectivity index (χ0v) is 19.5. The summed E-state index contributed by atoms with van der Waals surface area (Å²) in [6.07, 6.45) is 3.30. The highest BCUT2D eigenvalue weighted by molar-refractivity contribution is 7.10. The molecule has 0 saturated carbocycles. The SMILES string of the molecule is C=CCN(CC(=O)N1CCc2sccc2C1c1ccc(F)cc1)C(=O)c1ccc(CC)cc1. The molecule has 0 bridgehead atoms. The van der Waals surface area contributed by atoms with Crippen LogP contribution in [0.1, 0.15) is 44.9 Å². The molecule has 0 aliphatic carbocycles. The highest BCUT2D eigenvalue weighted by atomic mass is 32.1. The Morgan fingerprint density at radius 1 is 1.15 bits per heavy atom. The third-order valence-corrected chi connectivity index (χ3v) is 7.04. The molecular weight excluding hydrogens is 435 g/mol. The van der Waals surface area contributed by atoms with Crippen molar-refractivity contribution in [2.45, 2.75) is 25.8 Å². The minimum absolute atomic E-state index is 0.0441. The summed E-state index contributed by atoms with van der Waals surface area (Å²) >= 11 is 1.68. The smallest absolute Gasteiger partial charge is 0.254 e. The number of benzene rings is 2. The summed E-state index contributed by atoms with van der Waals surface area (Å²) in [7, 11) is 0. The minimum Gasteiger partial charge on any atom is -0.330 e. The van der Waals surface area contributed by atoms with Crippen LogP contribution < -0.4 is 0 Å². The average Bonchev–Trinajstić information content (AvgIpc) is 3.32. The van der Waals surface area contributed by atoms with Gasteiger partial charge in [0.2, 0.25) is 5.91 Å². The van der Waals surface area contributed by atoms with Crippen LogP contribution in [-0.2, 0) is 17.6 Å². The molecule has 0 N–H and O–H groups in total. The second-order valence-electron chi connectivity index (χ2n) is 8.12. The van der Waals surface area contributed by atoms with Gasteiger partial charge < -0.3 is 9.80 Å². The van der Waals surface area contributed by atoms with E-state index in [4.69, 9.17) is 0 Å². The van der Waals surface area contributed by atoms with Crippen molar-refractivity contribution in [3.63, 3.8) is 0 Å². The Hall–Kier alpha value is -3.25. The molecule has 2 amide bonds. The van der Waals surface area contributed by atoms with Gasteiger partial charge in [-0.2, -0.15) is 0 Å². The fourth-order valence-electron chi connectivity index (χ4n) is 4.28. The predicted molar refractivity (Wildman–Crippen MR) is 130 cm³/mol. The molecule has 3 aromatic rings. The predicted octanol–water partition coefficient (Wildman–Crippen LogP) is 5.25. The van der Waals surface area contributed by atoms with Crippen molar-refractivity contribution >= 4 is 23.2 Å². The molecule has 33 heavy (non-hydrogen) atoms. The van der Waals surface area contributed by atoms with Crippen molar-refractivity contribution in [1.82, 2.24) is 9.80 Å². The van der Waals surface area contributed by atoms with Gasteiger partial charge in [0.15, 0.2) is 0 Å². The quantitative estimate of drug-likeness (QED) is 0.450. The maximum atomic E-state index is 13.6. The minimum atomic E-state index is -0.310. The molecule has 0 spiro atoms. The van der Waals surface area contributed by atoms with Crippen molar-refractivity contribution in [2.75, 3.05) is 19.6 Å². The van der Waals surface area contributed by atoms with Crippen molar-refractivity contribution in [2.24, 2.45) is 0 Å². The number of fused-ring (bicyclic) bond motifs is 1. The van der Waals surface area contributed by atoms with Crippen molar-refractivity contribution in [1.29, 1.82) is 0 Å². The van der Waals surface area contributed by atoms with E-state index >= 15 is 0 Å². The number of hydrogen-bond donors (Lipinski definition) is 0. The molecule has 4 nitrogen and oxygen atoms in total. The van der Waals surface area contributed by atoms with Crippen LogP contribution in [0.5, 0.6) is 0 Å². The fourth-order valence-corrected chi connectivity index (χ4v) is 5.19. The number of amides is 2. The Bertz CT molecular complexity index is 1140. The van der Waals surface area contributed by atoms with E-state index in [1.54, 1.807) is 29.5 Å². The van der Waals surface area contributed by atoms with Crippen molar-refractivity contribution in [3.05, 3.63) is 106 Å². The number of nitrogens with zero attached hydrogens (tertiary/aromatic N) is 2. The van der Waals surface area contributed by atoms with E-state index < -0.39 is 0 Å². The van der Waals surface area contributed by atoms with E-state index in [1.165, 1.54) is 21.9 Å². The third kappa shape index (κ3) is 4.91. The molecule has 0 fully saturated rings. The van der Waals surface area contributed by atoms with Crippen LogP contribution in [0.3, 0.4) is 0 Å². The number of halogens is 1. The first kappa shape index (κ1) is 22.9. The van der Waals surface area contributed by atoms with Gasteiger partial charge in [-0.25, -0.2) is 4.39 Å². The van der Waals surface area contributed by atoms with Gasteiger partial charge in [0, 0.05) is 23.5 Å². The molecule has 4 rings (SSSR count). The standard InChI is InChI=1S/C27H27FN2O2S/c1-3-15-29(27(32)21-7-5-19(4-2)6-8-21)18-25(31)30-16-13-24-23(14-17-33-24)26(30)20-9-11-22(28)12-10-20/h3,5-12,14,17,26H,1,4,13,15-16,18H2,2H3. The Balaban J connectivity index is 1.59. The van der Waals surface area contributed by atoms with Gasteiger partial charge in [-0.05, 0) is 65.2 Å². The first-order chi connectivity index (χ1) is 16.0. The van der Waals surface area contributed by atoms with Crippen LogP contribution in [0.2, 0.25) is 0 Å². The van der Waals surface area contributed by atoms with Crippen molar-refractivity contribution < 1.29 is 14.0 Å². The first-order valence-electron chi connectivity index (χ1n) is 11.1. The number of aryl methyl sites for hydroxylation is 1. The largest absolute Gasteiger partial charge is 0.330 e. The van der Waals surface area contributed by atoms with Gasteiger partial charge in [-0.3, -0.25) is 9.59 Å². The average molecular weight is 463 g/mol. The second-order valence-corrected chi connectivity index (χ2v) is 9.12. The molecular formula is C27H27FN2O2S. The van der Waals surface area contributed by atoms with Crippen molar-refractivity contribution in [3.8, 4) is 0 Å². The van der Waals surface area contributed by atoms with E-state index in [-0.39, 0.29) is 36.8 Å². The van der Waals surface area contributed by atoms with Crippen LogP contribution in [0.15, 0.2) is 72.6 Å². The first-order valence-corrected chi connectivity index (χ1v) is 12.0. The monoisotopic (exact) mass is 462 g/mol. The summed E-state index contributed by atoms with van der Waals surface area (Å²) in [6.45, 7) is 6.61. The van der Waals surface area contributed by atoms with Crippen LogP contribution in [-0.4, -0.2) is 41.2 Å². The van der Waals surface area contributed by atoms with Gasteiger partial charge in [0.1, 0.15) is 12.4 Å². The summed E-state index contributed by atoms with van der Waals surface area (Å²) < 4.78 is 13.6. The Morgan fingerprint density at radius 2 is 1.88 bits per heavy atom. The maximum absolute atomic E-state index is 13.6. The van der Waals surface area contributed by atoms with Crippen LogP contribution in [0, 0.1) is 5.82 Å². The molecule has 1 unspecified atom stereocenters.